The normalized spacial score (nSPS) is 22.4. The molecule has 1 saturated heterocycles. The Morgan fingerprint density at radius 2 is 1.89 bits per heavy atom. The lowest BCUT2D eigenvalue weighted by atomic mass is 9.91. The molecule has 1 aliphatic carbocycles. The van der Waals surface area contributed by atoms with Crippen LogP contribution in [0.2, 0.25) is 0 Å². The molecule has 1 saturated carbocycles. The van der Waals surface area contributed by atoms with Crippen LogP contribution < -0.4 is 10.9 Å². The van der Waals surface area contributed by atoms with Crippen molar-refractivity contribution >= 4 is 16.8 Å². The van der Waals surface area contributed by atoms with E-state index in [1.54, 1.807) is 16.3 Å². The summed E-state index contributed by atoms with van der Waals surface area (Å²) in [6.07, 6.45) is 13.2. The molecule has 5 rings (SSSR count). The van der Waals surface area contributed by atoms with Gasteiger partial charge in [-0.05, 0) is 51.3 Å². The molecule has 3 aromatic heterocycles. The molecular formula is C26H37N7O2. The molecule has 9 nitrogen and oxygen atoms in total. The van der Waals surface area contributed by atoms with Gasteiger partial charge < -0.3 is 14.8 Å². The van der Waals surface area contributed by atoms with Crippen molar-refractivity contribution in [2.45, 2.75) is 57.5 Å². The van der Waals surface area contributed by atoms with Crippen LogP contribution in [0.25, 0.3) is 22.2 Å². The number of likely N-dealkylation sites (tertiary alicyclic amines) is 1. The van der Waals surface area contributed by atoms with E-state index >= 15 is 0 Å². The Morgan fingerprint density at radius 3 is 2.63 bits per heavy atom. The van der Waals surface area contributed by atoms with Gasteiger partial charge in [-0.15, -0.1) is 0 Å². The van der Waals surface area contributed by atoms with Gasteiger partial charge in [0.1, 0.15) is 5.52 Å². The highest BCUT2D eigenvalue weighted by molar-refractivity contribution is 5.91. The van der Waals surface area contributed by atoms with Crippen LogP contribution in [0.1, 0.15) is 44.9 Å². The van der Waals surface area contributed by atoms with Crippen LogP contribution in [0.15, 0.2) is 29.5 Å². The SMILES string of the molecule is CN1CCC(C(=O)NC2CCCCC2)CC(Cn2cc3c(=O)n(C)cc(-c4ccn(C)n4)c3n2)C1. The predicted octanol–water partition coefficient (Wildman–Crippen LogP) is 2.54. The number of carbonyl (C=O) groups excluding carboxylic acids is 1. The van der Waals surface area contributed by atoms with E-state index in [1.165, 1.54) is 19.3 Å². The molecule has 0 radical (unpaired) electrons. The molecule has 4 heterocycles. The molecule has 2 fully saturated rings. The number of hydrogen-bond donors (Lipinski definition) is 1. The first kappa shape index (κ1) is 23.8. The van der Waals surface area contributed by atoms with E-state index in [1.807, 2.05) is 36.4 Å². The monoisotopic (exact) mass is 479 g/mol. The van der Waals surface area contributed by atoms with Gasteiger partial charge in [0, 0.05) is 63.3 Å². The number of nitrogens with one attached hydrogen (secondary N) is 1. The Bertz CT molecular complexity index is 1250. The van der Waals surface area contributed by atoms with Crippen molar-refractivity contribution in [1.29, 1.82) is 0 Å². The first-order valence-electron chi connectivity index (χ1n) is 12.9. The van der Waals surface area contributed by atoms with Gasteiger partial charge in [-0.25, -0.2) is 0 Å². The van der Waals surface area contributed by atoms with Crippen LogP contribution in [0, 0.1) is 11.8 Å². The van der Waals surface area contributed by atoms with E-state index in [0.29, 0.717) is 23.5 Å². The van der Waals surface area contributed by atoms with Crippen LogP contribution >= 0.6 is 0 Å². The molecule has 35 heavy (non-hydrogen) atoms. The standard InChI is InChI=1S/C26H37N7O2/c1-30-11-9-19(25(34)27-20-7-5-4-6-8-20)13-18(14-30)15-33-17-22-24(29-33)21(16-31(2)26(22)35)23-10-12-32(3)28-23/h10,12,16-20H,4-9,11,13-15H2,1-3H3,(H,27,34). The summed E-state index contributed by atoms with van der Waals surface area (Å²) in [7, 11) is 5.77. The number of carbonyl (C=O) groups is 1. The van der Waals surface area contributed by atoms with Crippen molar-refractivity contribution in [1.82, 2.24) is 34.3 Å². The topological polar surface area (TPSA) is 90.0 Å². The third kappa shape index (κ3) is 5.19. The van der Waals surface area contributed by atoms with E-state index in [-0.39, 0.29) is 23.3 Å². The number of fused-ring (bicyclic) bond motifs is 1. The lowest BCUT2D eigenvalue weighted by Crippen LogP contribution is -2.40. The van der Waals surface area contributed by atoms with Gasteiger partial charge in [0.25, 0.3) is 5.56 Å². The fourth-order valence-electron chi connectivity index (χ4n) is 5.82. The van der Waals surface area contributed by atoms with Crippen molar-refractivity contribution in [2.24, 2.45) is 25.9 Å². The number of aromatic nitrogens is 5. The highest BCUT2D eigenvalue weighted by Gasteiger charge is 2.29. The molecule has 1 aliphatic heterocycles. The van der Waals surface area contributed by atoms with E-state index in [9.17, 15) is 9.59 Å². The van der Waals surface area contributed by atoms with Crippen molar-refractivity contribution in [3.05, 3.63) is 35.0 Å². The molecule has 0 bridgehead atoms. The van der Waals surface area contributed by atoms with Crippen molar-refractivity contribution in [3.63, 3.8) is 0 Å². The number of rotatable bonds is 5. The van der Waals surface area contributed by atoms with Gasteiger partial charge in [0.15, 0.2) is 0 Å². The van der Waals surface area contributed by atoms with E-state index in [0.717, 1.165) is 50.0 Å². The Kier molecular flexibility index (Phi) is 6.77. The first-order chi connectivity index (χ1) is 16.9. The maximum atomic E-state index is 13.1. The molecule has 2 atom stereocenters. The summed E-state index contributed by atoms with van der Waals surface area (Å²) in [6, 6.07) is 2.28. The second-order valence-electron chi connectivity index (χ2n) is 10.6. The lowest BCUT2D eigenvalue weighted by Gasteiger charge is -2.26. The van der Waals surface area contributed by atoms with Gasteiger partial charge in [-0.1, -0.05) is 19.3 Å². The average Bonchev–Trinajstić information content (AvgIpc) is 3.40. The molecular weight excluding hydrogens is 442 g/mol. The van der Waals surface area contributed by atoms with Gasteiger partial charge >= 0.3 is 0 Å². The Morgan fingerprint density at radius 1 is 1.09 bits per heavy atom. The molecule has 9 heteroatoms. The summed E-state index contributed by atoms with van der Waals surface area (Å²) in [5, 5.41) is 13.3. The summed E-state index contributed by atoms with van der Waals surface area (Å²) >= 11 is 0. The van der Waals surface area contributed by atoms with Crippen LogP contribution in [-0.2, 0) is 25.4 Å². The minimum absolute atomic E-state index is 0.0220. The third-order valence-corrected chi connectivity index (χ3v) is 7.69. The Hall–Kier alpha value is -2.94. The van der Waals surface area contributed by atoms with E-state index in [4.69, 9.17) is 5.10 Å². The van der Waals surface area contributed by atoms with E-state index < -0.39 is 0 Å². The molecule has 2 unspecified atom stereocenters. The molecule has 1 amide bonds. The van der Waals surface area contributed by atoms with Gasteiger partial charge in [-0.2, -0.15) is 10.2 Å². The van der Waals surface area contributed by atoms with Gasteiger partial charge in [-0.3, -0.25) is 19.0 Å². The zero-order valence-corrected chi connectivity index (χ0v) is 21.1. The quantitative estimate of drug-likeness (QED) is 0.607. The Labute approximate surface area is 206 Å². The maximum Gasteiger partial charge on any atom is 0.261 e. The van der Waals surface area contributed by atoms with Crippen LogP contribution in [0.4, 0.5) is 0 Å². The number of amides is 1. The molecule has 188 valence electrons. The number of nitrogens with zero attached hydrogens (tertiary/aromatic N) is 6. The van der Waals surface area contributed by atoms with Crippen LogP contribution in [0.5, 0.6) is 0 Å². The molecule has 2 aliphatic rings. The van der Waals surface area contributed by atoms with Crippen molar-refractivity contribution in [2.75, 3.05) is 20.1 Å². The lowest BCUT2D eigenvalue weighted by molar-refractivity contribution is -0.126. The number of hydrogen-bond acceptors (Lipinski definition) is 5. The zero-order chi connectivity index (χ0) is 24.5. The summed E-state index contributed by atoms with van der Waals surface area (Å²) in [5.41, 5.74) is 2.27. The minimum Gasteiger partial charge on any atom is -0.353 e. The fraction of sp³-hybridized carbons (Fsp3) is 0.615. The smallest absolute Gasteiger partial charge is 0.261 e. The summed E-state index contributed by atoms with van der Waals surface area (Å²) < 4.78 is 5.25. The highest BCUT2D eigenvalue weighted by Crippen LogP contribution is 2.27. The largest absolute Gasteiger partial charge is 0.353 e. The second kappa shape index (κ2) is 9.97. The first-order valence-corrected chi connectivity index (χ1v) is 12.9. The molecule has 0 aromatic carbocycles. The third-order valence-electron chi connectivity index (χ3n) is 7.69. The fourth-order valence-corrected chi connectivity index (χ4v) is 5.82. The predicted molar refractivity (Wildman–Crippen MR) is 136 cm³/mol. The van der Waals surface area contributed by atoms with Crippen molar-refractivity contribution < 1.29 is 4.79 Å². The molecule has 3 aromatic rings. The minimum atomic E-state index is -0.0614. The van der Waals surface area contributed by atoms with Crippen molar-refractivity contribution in [3.8, 4) is 11.3 Å². The average molecular weight is 480 g/mol. The zero-order valence-electron chi connectivity index (χ0n) is 21.1. The summed E-state index contributed by atoms with van der Waals surface area (Å²) in [4.78, 5) is 28.3. The molecule has 0 spiro atoms. The second-order valence-corrected chi connectivity index (χ2v) is 10.6. The highest BCUT2D eigenvalue weighted by atomic mass is 16.2. The number of aryl methyl sites for hydroxylation is 2. The van der Waals surface area contributed by atoms with Crippen LogP contribution in [0.3, 0.4) is 0 Å². The van der Waals surface area contributed by atoms with E-state index in [2.05, 4.69) is 22.4 Å². The van der Waals surface area contributed by atoms with Gasteiger partial charge in [0.2, 0.25) is 5.91 Å². The maximum absolute atomic E-state index is 13.1. The summed E-state index contributed by atoms with van der Waals surface area (Å²) in [5.74, 6) is 0.518. The van der Waals surface area contributed by atoms with Gasteiger partial charge in [0.05, 0.1) is 11.1 Å². The molecule has 1 N–H and O–H groups in total. The summed E-state index contributed by atoms with van der Waals surface area (Å²) in [6.45, 7) is 2.51. The Balaban J connectivity index is 1.37. The van der Waals surface area contributed by atoms with Crippen LogP contribution in [-0.4, -0.2) is 61.1 Å². The number of pyridine rings is 1.